The van der Waals surface area contributed by atoms with Crippen LogP contribution in [0.2, 0.25) is 5.02 Å². The van der Waals surface area contributed by atoms with Gasteiger partial charge < -0.3 is 14.8 Å². The van der Waals surface area contributed by atoms with Crippen LogP contribution in [-0.4, -0.2) is 10.1 Å². The van der Waals surface area contributed by atoms with E-state index in [1.165, 1.54) is 0 Å². The lowest BCUT2D eigenvalue weighted by Gasteiger charge is -2.20. The summed E-state index contributed by atoms with van der Waals surface area (Å²) >= 11 is 5.98. The average Bonchev–Trinajstić information content (AvgIpc) is 3.17. The third-order valence-electron chi connectivity index (χ3n) is 4.30. The molecular weight excluding hydrogens is 348 g/mol. The van der Waals surface area contributed by atoms with E-state index in [0.717, 1.165) is 16.8 Å². The lowest BCUT2D eigenvalue weighted by atomic mass is 10.00. The highest BCUT2D eigenvalue weighted by Crippen LogP contribution is 2.36. The number of phenolic OH excluding ortho intramolecular Hbond substituents is 1. The van der Waals surface area contributed by atoms with Crippen LogP contribution in [0.3, 0.4) is 0 Å². The summed E-state index contributed by atoms with van der Waals surface area (Å²) in [4.78, 5) is 4.49. The van der Waals surface area contributed by atoms with Gasteiger partial charge in [0.1, 0.15) is 23.1 Å². The molecule has 2 aromatic heterocycles. The summed E-state index contributed by atoms with van der Waals surface area (Å²) in [5.74, 6) is 0.844. The largest absolute Gasteiger partial charge is 0.505 e. The van der Waals surface area contributed by atoms with Gasteiger partial charge in [0.2, 0.25) is 0 Å². The summed E-state index contributed by atoms with van der Waals surface area (Å²) in [6.07, 6.45) is 1.62. The van der Waals surface area contributed by atoms with E-state index in [9.17, 15) is 5.11 Å². The molecule has 1 unspecified atom stereocenters. The Hall–Kier alpha value is -2.98. The van der Waals surface area contributed by atoms with Crippen molar-refractivity contribution < 1.29 is 9.52 Å². The summed E-state index contributed by atoms with van der Waals surface area (Å²) in [7, 11) is 0. The molecule has 2 heterocycles. The van der Waals surface area contributed by atoms with Gasteiger partial charge in [0.15, 0.2) is 0 Å². The number of aromatic nitrogens is 1. The van der Waals surface area contributed by atoms with Crippen molar-refractivity contribution in [1.82, 2.24) is 4.98 Å². The number of benzene rings is 2. The summed E-state index contributed by atoms with van der Waals surface area (Å²) in [6.45, 7) is 1.90. The van der Waals surface area contributed by atoms with Gasteiger partial charge >= 0.3 is 0 Å². The van der Waals surface area contributed by atoms with Crippen molar-refractivity contribution in [3.63, 3.8) is 0 Å². The molecular formula is C21H17ClN2O2. The number of rotatable bonds is 4. The maximum atomic E-state index is 10.9. The Morgan fingerprint density at radius 3 is 2.54 bits per heavy atom. The van der Waals surface area contributed by atoms with Crippen LogP contribution in [0.1, 0.15) is 23.1 Å². The van der Waals surface area contributed by atoms with Crippen LogP contribution >= 0.6 is 11.6 Å². The molecule has 0 saturated heterocycles. The van der Waals surface area contributed by atoms with E-state index in [0.29, 0.717) is 21.9 Å². The van der Waals surface area contributed by atoms with Crippen LogP contribution < -0.4 is 5.32 Å². The molecule has 26 heavy (non-hydrogen) atoms. The second-order valence-electron chi connectivity index (χ2n) is 6.13. The van der Waals surface area contributed by atoms with E-state index in [-0.39, 0.29) is 11.8 Å². The van der Waals surface area contributed by atoms with Gasteiger partial charge in [-0.2, -0.15) is 0 Å². The summed E-state index contributed by atoms with van der Waals surface area (Å²) in [5, 5.41) is 15.9. The highest BCUT2D eigenvalue weighted by molar-refractivity contribution is 6.30. The first kappa shape index (κ1) is 16.5. The molecule has 4 nitrogen and oxygen atoms in total. The van der Waals surface area contributed by atoms with E-state index in [4.69, 9.17) is 16.0 Å². The number of aromatic hydroxyl groups is 1. The smallest absolute Gasteiger partial charge is 0.147 e. The Bertz CT molecular complexity index is 1040. The molecule has 0 radical (unpaired) electrons. The Morgan fingerprint density at radius 2 is 1.81 bits per heavy atom. The van der Waals surface area contributed by atoms with Crippen molar-refractivity contribution >= 4 is 28.2 Å². The van der Waals surface area contributed by atoms with Crippen LogP contribution in [0.25, 0.3) is 10.9 Å². The fourth-order valence-electron chi connectivity index (χ4n) is 2.99. The zero-order valence-corrected chi connectivity index (χ0v) is 14.9. The lowest BCUT2D eigenvalue weighted by molar-refractivity contribution is 0.458. The molecule has 2 N–H and O–H groups in total. The van der Waals surface area contributed by atoms with Gasteiger partial charge in [0.25, 0.3) is 0 Å². The zero-order chi connectivity index (χ0) is 18.1. The first-order chi connectivity index (χ1) is 12.6. The minimum atomic E-state index is -0.363. The van der Waals surface area contributed by atoms with Crippen molar-refractivity contribution in [3.05, 3.63) is 89.0 Å². The molecule has 1 atom stereocenters. The average molecular weight is 365 g/mol. The number of fused-ring (bicyclic) bond motifs is 1. The Morgan fingerprint density at radius 1 is 1.04 bits per heavy atom. The molecule has 4 rings (SSSR count). The standard InChI is InChI=1S/C21H17ClN2O2/c1-13-4-5-14-6-11-17(21(25)19(14)23-13)20(18-3-2-12-26-18)24-16-9-7-15(22)8-10-16/h2-12,20,24-25H,1H3. The molecule has 4 aromatic rings. The minimum absolute atomic E-state index is 0.147. The number of halogens is 1. The van der Waals surface area contributed by atoms with Gasteiger partial charge in [0, 0.05) is 27.4 Å². The number of furan rings is 1. The number of pyridine rings is 1. The number of nitrogens with one attached hydrogen (secondary N) is 1. The molecule has 0 aliphatic rings. The second kappa shape index (κ2) is 6.73. The first-order valence-corrected chi connectivity index (χ1v) is 8.64. The van der Waals surface area contributed by atoms with Crippen molar-refractivity contribution in [2.45, 2.75) is 13.0 Å². The molecule has 0 saturated carbocycles. The van der Waals surface area contributed by atoms with Gasteiger partial charge in [0.05, 0.1) is 6.26 Å². The van der Waals surface area contributed by atoms with Crippen molar-refractivity contribution in [3.8, 4) is 5.75 Å². The van der Waals surface area contributed by atoms with Crippen LogP contribution in [0, 0.1) is 6.92 Å². The summed E-state index contributed by atoms with van der Waals surface area (Å²) < 4.78 is 5.62. The fraction of sp³-hybridized carbons (Fsp3) is 0.0952. The predicted octanol–water partition coefficient (Wildman–Crippen LogP) is 5.70. The van der Waals surface area contributed by atoms with E-state index in [2.05, 4.69) is 10.3 Å². The molecule has 0 aliphatic heterocycles. The minimum Gasteiger partial charge on any atom is -0.505 e. The number of nitrogens with zero attached hydrogens (tertiary/aromatic N) is 1. The zero-order valence-electron chi connectivity index (χ0n) is 14.1. The summed E-state index contributed by atoms with van der Waals surface area (Å²) in [6, 6.07) is 18.5. The molecule has 0 aliphatic carbocycles. The number of anilines is 1. The maximum absolute atomic E-state index is 10.9. The SMILES string of the molecule is Cc1ccc2ccc(C(Nc3ccc(Cl)cc3)c3ccco3)c(O)c2n1. The normalized spacial score (nSPS) is 12.2. The number of aryl methyl sites for hydroxylation is 1. The third-order valence-corrected chi connectivity index (χ3v) is 4.55. The molecule has 5 heteroatoms. The van der Waals surface area contributed by atoms with Gasteiger partial charge in [-0.05, 0) is 49.4 Å². The van der Waals surface area contributed by atoms with Gasteiger partial charge in [-0.3, -0.25) is 0 Å². The predicted molar refractivity (Wildman–Crippen MR) is 104 cm³/mol. The molecule has 0 spiro atoms. The highest BCUT2D eigenvalue weighted by atomic mass is 35.5. The van der Waals surface area contributed by atoms with Crippen LogP contribution in [-0.2, 0) is 0 Å². The molecule has 0 amide bonds. The number of phenols is 1. The van der Waals surface area contributed by atoms with Crippen LogP contribution in [0.5, 0.6) is 5.75 Å². The van der Waals surface area contributed by atoms with Crippen molar-refractivity contribution in [2.75, 3.05) is 5.32 Å². The van der Waals surface area contributed by atoms with Gasteiger partial charge in [-0.25, -0.2) is 4.98 Å². The van der Waals surface area contributed by atoms with Gasteiger partial charge in [-0.1, -0.05) is 29.8 Å². The topological polar surface area (TPSA) is 58.3 Å². The highest BCUT2D eigenvalue weighted by Gasteiger charge is 2.22. The Kier molecular flexibility index (Phi) is 4.27. The third kappa shape index (κ3) is 3.11. The van der Waals surface area contributed by atoms with Crippen LogP contribution in [0.15, 0.2) is 71.3 Å². The number of hydrogen-bond donors (Lipinski definition) is 2. The van der Waals surface area contributed by atoms with E-state index < -0.39 is 0 Å². The lowest BCUT2D eigenvalue weighted by Crippen LogP contribution is -2.12. The van der Waals surface area contributed by atoms with Gasteiger partial charge in [-0.15, -0.1) is 0 Å². The molecule has 0 bridgehead atoms. The Labute approximate surface area is 156 Å². The van der Waals surface area contributed by atoms with Crippen molar-refractivity contribution in [1.29, 1.82) is 0 Å². The quantitative estimate of drug-likeness (QED) is 0.488. The van der Waals surface area contributed by atoms with E-state index >= 15 is 0 Å². The summed E-state index contributed by atoms with van der Waals surface area (Å²) in [5.41, 5.74) is 3.00. The van der Waals surface area contributed by atoms with E-state index in [1.807, 2.05) is 67.6 Å². The monoisotopic (exact) mass is 364 g/mol. The maximum Gasteiger partial charge on any atom is 0.147 e. The van der Waals surface area contributed by atoms with E-state index in [1.54, 1.807) is 6.26 Å². The molecule has 130 valence electrons. The van der Waals surface area contributed by atoms with Crippen LogP contribution in [0.4, 0.5) is 5.69 Å². The second-order valence-corrected chi connectivity index (χ2v) is 6.56. The molecule has 2 aromatic carbocycles. The fourth-order valence-corrected chi connectivity index (χ4v) is 3.12. The number of hydrogen-bond acceptors (Lipinski definition) is 4. The Balaban J connectivity index is 1.82. The molecule has 0 fully saturated rings. The first-order valence-electron chi connectivity index (χ1n) is 8.26. The van der Waals surface area contributed by atoms with Crippen molar-refractivity contribution in [2.24, 2.45) is 0 Å².